The summed E-state index contributed by atoms with van der Waals surface area (Å²) < 4.78 is 16.2. The van der Waals surface area contributed by atoms with Crippen LogP contribution in [-0.4, -0.2) is 38.9 Å². The molecule has 1 saturated heterocycles. The first-order chi connectivity index (χ1) is 16.4. The highest BCUT2D eigenvalue weighted by molar-refractivity contribution is 7.99. The van der Waals surface area contributed by atoms with Crippen LogP contribution in [0.25, 0.3) is 11.4 Å². The third kappa shape index (κ3) is 5.64. The lowest BCUT2D eigenvalue weighted by Crippen LogP contribution is -2.25. The molecule has 7 nitrogen and oxygen atoms in total. The molecular formula is C25H28FN5O2S. The van der Waals surface area contributed by atoms with Crippen molar-refractivity contribution >= 4 is 29.3 Å². The minimum atomic E-state index is -0.352. The van der Waals surface area contributed by atoms with Crippen LogP contribution in [0.1, 0.15) is 32.3 Å². The molecule has 0 radical (unpaired) electrons. The van der Waals surface area contributed by atoms with Crippen molar-refractivity contribution < 1.29 is 14.0 Å². The number of thioether (sulfide) groups is 1. The van der Waals surface area contributed by atoms with E-state index in [1.807, 2.05) is 28.8 Å². The third-order valence-corrected chi connectivity index (χ3v) is 6.49. The van der Waals surface area contributed by atoms with Gasteiger partial charge in [0.2, 0.25) is 11.8 Å². The number of hydrogen-bond donors (Lipinski definition) is 1. The van der Waals surface area contributed by atoms with Crippen LogP contribution >= 0.6 is 11.8 Å². The average Bonchev–Trinajstić information content (AvgIpc) is 3.42. The van der Waals surface area contributed by atoms with Gasteiger partial charge in [0.15, 0.2) is 11.0 Å². The molecule has 0 unspecified atom stereocenters. The van der Waals surface area contributed by atoms with Crippen LogP contribution in [0.15, 0.2) is 53.7 Å². The smallest absolute Gasteiger partial charge is 0.230 e. The monoisotopic (exact) mass is 481 g/mol. The molecule has 2 heterocycles. The lowest BCUT2D eigenvalue weighted by Gasteiger charge is -2.16. The number of halogens is 1. The molecule has 1 aliphatic heterocycles. The second-order valence-corrected chi connectivity index (χ2v) is 9.61. The molecule has 1 aromatic heterocycles. The first-order valence-corrected chi connectivity index (χ1v) is 12.4. The Kier molecular flexibility index (Phi) is 7.62. The van der Waals surface area contributed by atoms with Gasteiger partial charge in [-0.05, 0) is 42.2 Å². The van der Waals surface area contributed by atoms with Gasteiger partial charge in [0, 0.05) is 31.7 Å². The molecule has 178 valence electrons. The Labute approximate surface area is 202 Å². The number of nitrogens with zero attached hydrogens (tertiary/aromatic N) is 4. The van der Waals surface area contributed by atoms with E-state index in [0.717, 1.165) is 24.2 Å². The topological polar surface area (TPSA) is 80.1 Å². The molecule has 2 amide bonds. The molecule has 9 heteroatoms. The summed E-state index contributed by atoms with van der Waals surface area (Å²) in [6.45, 7) is 5.90. The summed E-state index contributed by atoms with van der Waals surface area (Å²) in [5.41, 5.74) is 2.24. The van der Waals surface area contributed by atoms with E-state index in [0.29, 0.717) is 42.0 Å². The van der Waals surface area contributed by atoms with E-state index in [-0.39, 0.29) is 23.4 Å². The Morgan fingerprint density at radius 3 is 2.59 bits per heavy atom. The van der Waals surface area contributed by atoms with Crippen molar-refractivity contribution in [1.29, 1.82) is 0 Å². The maximum Gasteiger partial charge on any atom is 0.230 e. The molecule has 1 N–H and O–H groups in total. The van der Waals surface area contributed by atoms with Crippen LogP contribution in [0.4, 0.5) is 10.1 Å². The SMILES string of the molecule is CC(C)Cn1c(SCC(=O)NCc2ccc(N3CCCC3=O)cc2)nnc1-c1ccccc1F. The average molecular weight is 482 g/mol. The minimum Gasteiger partial charge on any atom is -0.351 e. The lowest BCUT2D eigenvalue weighted by molar-refractivity contribution is -0.119. The quantitative estimate of drug-likeness (QED) is 0.462. The van der Waals surface area contributed by atoms with E-state index in [9.17, 15) is 14.0 Å². The number of nitrogens with one attached hydrogen (secondary N) is 1. The normalized spacial score (nSPS) is 13.6. The van der Waals surface area contributed by atoms with Gasteiger partial charge >= 0.3 is 0 Å². The highest BCUT2D eigenvalue weighted by Gasteiger charge is 2.21. The highest BCUT2D eigenvalue weighted by atomic mass is 32.2. The van der Waals surface area contributed by atoms with E-state index in [1.54, 1.807) is 23.1 Å². The van der Waals surface area contributed by atoms with E-state index in [4.69, 9.17) is 0 Å². The Morgan fingerprint density at radius 1 is 1.15 bits per heavy atom. The fourth-order valence-corrected chi connectivity index (χ4v) is 4.64. The highest BCUT2D eigenvalue weighted by Crippen LogP contribution is 2.27. The van der Waals surface area contributed by atoms with Crippen molar-refractivity contribution in [3.05, 3.63) is 59.9 Å². The fraction of sp³-hybridized carbons (Fsp3) is 0.360. The Morgan fingerprint density at radius 2 is 1.91 bits per heavy atom. The molecule has 1 aliphatic rings. The number of carbonyl (C=O) groups excluding carboxylic acids is 2. The van der Waals surface area contributed by atoms with Crippen LogP contribution < -0.4 is 10.2 Å². The number of amides is 2. The third-order valence-electron chi connectivity index (χ3n) is 5.52. The van der Waals surface area contributed by atoms with Gasteiger partial charge < -0.3 is 14.8 Å². The number of benzene rings is 2. The predicted molar refractivity (Wildman–Crippen MR) is 131 cm³/mol. The molecule has 0 atom stereocenters. The van der Waals surface area contributed by atoms with Gasteiger partial charge in [-0.25, -0.2) is 4.39 Å². The van der Waals surface area contributed by atoms with E-state index in [1.165, 1.54) is 17.8 Å². The molecule has 0 spiro atoms. The van der Waals surface area contributed by atoms with Gasteiger partial charge in [-0.3, -0.25) is 9.59 Å². The minimum absolute atomic E-state index is 0.129. The van der Waals surface area contributed by atoms with Gasteiger partial charge in [0.25, 0.3) is 0 Å². The summed E-state index contributed by atoms with van der Waals surface area (Å²) in [7, 11) is 0. The van der Waals surface area contributed by atoms with Gasteiger partial charge in [0.05, 0.1) is 11.3 Å². The standard InChI is InChI=1S/C25H28FN5O2S/c1-17(2)15-31-24(20-6-3-4-7-21(20)26)28-29-25(31)34-16-22(32)27-14-18-9-11-19(12-10-18)30-13-5-8-23(30)33/h3-4,6-7,9-12,17H,5,8,13-16H2,1-2H3,(H,27,32). The van der Waals surface area contributed by atoms with Gasteiger partial charge in [-0.15, -0.1) is 10.2 Å². The van der Waals surface area contributed by atoms with Crippen LogP contribution in [0, 0.1) is 11.7 Å². The van der Waals surface area contributed by atoms with Crippen molar-refractivity contribution in [2.24, 2.45) is 5.92 Å². The fourth-order valence-electron chi connectivity index (χ4n) is 3.86. The Bertz CT molecular complexity index is 1160. The summed E-state index contributed by atoms with van der Waals surface area (Å²) in [4.78, 5) is 26.1. The largest absolute Gasteiger partial charge is 0.351 e. The molecule has 0 bridgehead atoms. The van der Waals surface area contributed by atoms with Crippen molar-refractivity contribution in [3.63, 3.8) is 0 Å². The number of carbonyl (C=O) groups is 2. The summed E-state index contributed by atoms with van der Waals surface area (Å²) in [6, 6.07) is 14.2. The molecule has 1 fully saturated rings. The van der Waals surface area contributed by atoms with Crippen molar-refractivity contribution in [2.45, 2.75) is 44.9 Å². The van der Waals surface area contributed by atoms with Crippen LogP contribution in [0.3, 0.4) is 0 Å². The maximum atomic E-state index is 14.3. The number of anilines is 1. The van der Waals surface area contributed by atoms with Crippen LogP contribution in [0.5, 0.6) is 0 Å². The van der Waals surface area contributed by atoms with E-state index < -0.39 is 0 Å². The Balaban J connectivity index is 1.35. The summed E-state index contributed by atoms with van der Waals surface area (Å²) >= 11 is 1.28. The molecule has 0 saturated carbocycles. The van der Waals surface area contributed by atoms with Crippen molar-refractivity contribution in [1.82, 2.24) is 20.1 Å². The molecule has 34 heavy (non-hydrogen) atoms. The van der Waals surface area contributed by atoms with Gasteiger partial charge in [-0.1, -0.05) is 49.9 Å². The zero-order valence-electron chi connectivity index (χ0n) is 19.3. The molecular weight excluding hydrogens is 453 g/mol. The molecule has 3 aromatic rings. The number of aromatic nitrogens is 3. The van der Waals surface area contributed by atoms with Crippen molar-refractivity contribution in [3.8, 4) is 11.4 Å². The Hall–Kier alpha value is -3.20. The van der Waals surface area contributed by atoms with Crippen LogP contribution in [-0.2, 0) is 22.7 Å². The lowest BCUT2D eigenvalue weighted by atomic mass is 10.2. The predicted octanol–water partition coefficient (Wildman–Crippen LogP) is 4.28. The maximum absolute atomic E-state index is 14.3. The zero-order valence-corrected chi connectivity index (χ0v) is 20.1. The first kappa shape index (κ1) is 23.9. The van der Waals surface area contributed by atoms with Crippen LogP contribution in [0.2, 0.25) is 0 Å². The van der Waals surface area contributed by atoms with Gasteiger partial charge in [0.1, 0.15) is 5.82 Å². The second kappa shape index (κ2) is 10.8. The molecule has 0 aliphatic carbocycles. The first-order valence-electron chi connectivity index (χ1n) is 11.4. The van der Waals surface area contributed by atoms with E-state index >= 15 is 0 Å². The van der Waals surface area contributed by atoms with Gasteiger partial charge in [-0.2, -0.15) is 0 Å². The summed E-state index contributed by atoms with van der Waals surface area (Å²) in [5, 5.41) is 11.9. The van der Waals surface area contributed by atoms with E-state index in [2.05, 4.69) is 29.4 Å². The molecule has 2 aromatic carbocycles. The van der Waals surface area contributed by atoms with Crippen molar-refractivity contribution in [2.75, 3.05) is 17.2 Å². The molecule has 4 rings (SSSR count). The summed E-state index contributed by atoms with van der Waals surface area (Å²) in [6.07, 6.45) is 1.49. The summed E-state index contributed by atoms with van der Waals surface area (Å²) in [5.74, 6) is 0.611. The number of rotatable bonds is 9. The second-order valence-electron chi connectivity index (χ2n) is 8.67. The zero-order chi connectivity index (χ0) is 24.1. The number of hydrogen-bond acceptors (Lipinski definition) is 5.